The van der Waals surface area contributed by atoms with E-state index in [2.05, 4.69) is 10.6 Å². The lowest BCUT2D eigenvalue weighted by Crippen LogP contribution is -2.29. The predicted octanol–water partition coefficient (Wildman–Crippen LogP) is 2.08. The lowest BCUT2D eigenvalue weighted by molar-refractivity contribution is -0.136. The molecule has 0 saturated carbocycles. The molecule has 0 heterocycles. The molecule has 0 bridgehead atoms. The molecule has 0 radical (unpaired) electrons. The molecule has 1 rings (SSSR count). The molecule has 1 aromatic rings. The molecule has 2 N–H and O–H groups in total. The van der Waals surface area contributed by atoms with Gasteiger partial charge in [0.15, 0.2) is 0 Å². The quantitative estimate of drug-likeness (QED) is 0.426. The largest absolute Gasteiger partial charge is 0.464 e. The summed E-state index contributed by atoms with van der Waals surface area (Å²) in [7, 11) is 1.27. The van der Waals surface area contributed by atoms with E-state index in [0.29, 0.717) is 29.9 Å². The molecule has 0 aliphatic carbocycles. The normalized spacial score (nSPS) is 11.3. The molecule has 2 amide bonds. The van der Waals surface area contributed by atoms with Crippen molar-refractivity contribution in [2.24, 2.45) is 0 Å². The zero-order chi connectivity index (χ0) is 17.9. The summed E-state index contributed by atoms with van der Waals surface area (Å²) in [4.78, 5) is 35.9. The topological polar surface area (TPSA) is 84.5 Å². The van der Waals surface area contributed by atoms with Crippen molar-refractivity contribution >= 4 is 29.5 Å². The molecule has 1 aromatic carbocycles. The van der Waals surface area contributed by atoms with Gasteiger partial charge in [-0.3, -0.25) is 9.59 Å². The van der Waals surface area contributed by atoms with Crippen LogP contribution >= 0.6 is 11.8 Å². The summed E-state index contributed by atoms with van der Waals surface area (Å²) in [5.74, 6) is -1.07. The maximum atomic E-state index is 12.3. The number of thioether (sulfide) groups is 1. The van der Waals surface area contributed by atoms with Crippen molar-refractivity contribution in [1.82, 2.24) is 10.6 Å². The van der Waals surface area contributed by atoms with Crippen LogP contribution < -0.4 is 10.6 Å². The van der Waals surface area contributed by atoms with Gasteiger partial charge >= 0.3 is 5.97 Å². The van der Waals surface area contributed by atoms with Crippen molar-refractivity contribution in [2.45, 2.75) is 19.8 Å². The number of esters is 1. The number of carbonyl (C=O) groups excluding carboxylic acids is 3. The zero-order valence-electron chi connectivity index (χ0n) is 14.0. The summed E-state index contributed by atoms with van der Waals surface area (Å²) in [6, 6.07) is 8.64. The molecule has 0 spiro atoms. The fraction of sp³-hybridized carbons (Fsp3) is 0.353. The monoisotopic (exact) mass is 350 g/mol. The minimum Gasteiger partial charge on any atom is -0.464 e. The van der Waals surface area contributed by atoms with Crippen LogP contribution in [0.3, 0.4) is 0 Å². The molecule has 130 valence electrons. The molecule has 0 saturated heterocycles. The highest BCUT2D eigenvalue weighted by molar-refractivity contribution is 8.02. The molecular weight excluding hydrogens is 328 g/mol. The van der Waals surface area contributed by atoms with Crippen LogP contribution in [0.2, 0.25) is 0 Å². The average Bonchev–Trinajstić information content (AvgIpc) is 2.60. The van der Waals surface area contributed by atoms with Gasteiger partial charge < -0.3 is 15.4 Å². The summed E-state index contributed by atoms with van der Waals surface area (Å²) in [6.45, 7) is 1.95. The maximum Gasteiger partial charge on any atom is 0.355 e. The van der Waals surface area contributed by atoms with Gasteiger partial charge in [-0.15, -0.1) is 11.8 Å². The number of hydrogen-bond donors (Lipinski definition) is 2. The second kappa shape index (κ2) is 10.5. The van der Waals surface area contributed by atoms with Gasteiger partial charge in [-0.05, 0) is 31.2 Å². The van der Waals surface area contributed by atoms with E-state index < -0.39 is 5.97 Å². The smallest absolute Gasteiger partial charge is 0.355 e. The maximum absolute atomic E-state index is 12.3. The standard InChI is InChI=1S/C17H22N2O4S/c1-12(20)18-11-7-10-14(24-3)15(17(22)23-2)19-16(21)13-8-5-4-6-9-13/h4-6,8-9H,7,10-11H2,1-3H3,(H,18,20)(H,19,21)/b15-14-. The summed E-state index contributed by atoms with van der Waals surface area (Å²) in [5, 5.41) is 5.34. The third-order valence-corrected chi connectivity index (χ3v) is 4.04. The minimum absolute atomic E-state index is 0.102. The van der Waals surface area contributed by atoms with Crippen LogP contribution in [0.25, 0.3) is 0 Å². The number of amides is 2. The number of hydrogen-bond acceptors (Lipinski definition) is 5. The fourth-order valence-electron chi connectivity index (χ4n) is 1.95. The Morgan fingerprint density at radius 1 is 1.17 bits per heavy atom. The van der Waals surface area contributed by atoms with E-state index in [-0.39, 0.29) is 17.5 Å². The first-order valence-electron chi connectivity index (χ1n) is 7.45. The van der Waals surface area contributed by atoms with E-state index in [1.165, 1.54) is 25.8 Å². The van der Waals surface area contributed by atoms with Crippen LogP contribution in [0, 0.1) is 0 Å². The van der Waals surface area contributed by atoms with Crippen LogP contribution in [0.15, 0.2) is 40.9 Å². The van der Waals surface area contributed by atoms with Gasteiger partial charge in [-0.25, -0.2) is 4.79 Å². The number of ether oxygens (including phenoxy) is 1. The number of benzene rings is 1. The predicted molar refractivity (Wildman–Crippen MR) is 94.4 cm³/mol. The molecule has 24 heavy (non-hydrogen) atoms. The van der Waals surface area contributed by atoms with E-state index in [9.17, 15) is 14.4 Å². The molecule has 7 heteroatoms. The van der Waals surface area contributed by atoms with Gasteiger partial charge in [-0.2, -0.15) is 0 Å². The van der Waals surface area contributed by atoms with Crippen LogP contribution in [0.4, 0.5) is 0 Å². The molecule has 0 aromatic heterocycles. The Labute approximate surface area is 146 Å². The molecule has 0 fully saturated rings. The highest BCUT2D eigenvalue weighted by Gasteiger charge is 2.19. The van der Waals surface area contributed by atoms with E-state index >= 15 is 0 Å². The first-order valence-corrected chi connectivity index (χ1v) is 8.68. The van der Waals surface area contributed by atoms with E-state index in [1.807, 2.05) is 12.3 Å². The number of allylic oxidation sites excluding steroid dienone is 1. The lowest BCUT2D eigenvalue weighted by Gasteiger charge is -2.13. The highest BCUT2D eigenvalue weighted by atomic mass is 32.2. The zero-order valence-corrected chi connectivity index (χ0v) is 14.9. The summed E-state index contributed by atoms with van der Waals surface area (Å²) < 4.78 is 4.78. The van der Waals surface area contributed by atoms with Crippen LogP contribution in [0.1, 0.15) is 30.1 Å². The van der Waals surface area contributed by atoms with Crippen LogP contribution in [0.5, 0.6) is 0 Å². The van der Waals surface area contributed by atoms with Gasteiger partial charge in [0.1, 0.15) is 5.70 Å². The molecule has 0 aliphatic rings. The first kappa shape index (κ1) is 19.8. The third kappa shape index (κ3) is 6.45. The Kier molecular flexibility index (Phi) is 8.64. The van der Waals surface area contributed by atoms with Gasteiger partial charge in [0.25, 0.3) is 5.91 Å². The Morgan fingerprint density at radius 3 is 2.38 bits per heavy atom. The first-order chi connectivity index (χ1) is 11.5. The van der Waals surface area contributed by atoms with Crippen LogP contribution in [-0.2, 0) is 14.3 Å². The molecule has 0 aliphatic heterocycles. The fourth-order valence-corrected chi connectivity index (χ4v) is 2.64. The average molecular weight is 350 g/mol. The van der Waals surface area contributed by atoms with Crippen molar-refractivity contribution in [3.63, 3.8) is 0 Å². The second-order valence-corrected chi connectivity index (χ2v) is 5.80. The van der Waals surface area contributed by atoms with Gasteiger partial charge in [0.2, 0.25) is 5.91 Å². The molecule has 6 nitrogen and oxygen atoms in total. The summed E-state index contributed by atoms with van der Waals surface area (Å²) in [6.07, 6.45) is 3.02. The van der Waals surface area contributed by atoms with Gasteiger partial charge in [0, 0.05) is 23.9 Å². The van der Waals surface area contributed by atoms with E-state index in [4.69, 9.17) is 4.74 Å². The highest BCUT2D eigenvalue weighted by Crippen LogP contribution is 2.22. The van der Waals surface area contributed by atoms with Crippen molar-refractivity contribution in [3.8, 4) is 0 Å². The number of nitrogens with one attached hydrogen (secondary N) is 2. The molecular formula is C17H22N2O4S. The van der Waals surface area contributed by atoms with Crippen molar-refractivity contribution in [2.75, 3.05) is 19.9 Å². The SMILES string of the molecule is COC(=O)/C(NC(=O)c1ccccc1)=C(\CCCNC(C)=O)SC. The van der Waals surface area contributed by atoms with E-state index in [0.717, 1.165) is 0 Å². The Hall–Kier alpha value is -2.28. The number of rotatable bonds is 8. The van der Waals surface area contributed by atoms with Gasteiger partial charge in [-0.1, -0.05) is 18.2 Å². The lowest BCUT2D eigenvalue weighted by atomic mass is 10.2. The van der Waals surface area contributed by atoms with Crippen molar-refractivity contribution < 1.29 is 19.1 Å². The molecule has 0 unspecified atom stereocenters. The van der Waals surface area contributed by atoms with Crippen molar-refractivity contribution in [3.05, 3.63) is 46.5 Å². The summed E-state index contributed by atoms with van der Waals surface area (Å²) in [5.41, 5.74) is 0.597. The number of carbonyl (C=O) groups is 3. The Bertz CT molecular complexity index is 614. The Morgan fingerprint density at radius 2 is 1.83 bits per heavy atom. The molecule has 0 atom stereocenters. The third-order valence-electron chi connectivity index (χ3n) is 3.14. The summed E-state index contributed by atoms with van der Waals surface area (Å²) >= 11 is 1.37. The Balaban J connectivity index is 2.89. The van der Waals surface area contributed by atoms with Crippen molar-refractivity contribution in [1.29, 1.82) is 0 Å². The second-order valence-electron chi connectivity index (χ2n) is 4.90. The number of methoxy groups -OCH3 is 1. The van der Waals surface area contributed by atoms with Gasteiger partial charge in [0.05, 0.1) is 7.11 Å². The van der Waals surface area contributed by atoms with E-state index in [1.54, 1.807) is 24.3 Å². The van der Waals surface area contributed by atoms with Crippen LogP contribution in [-0.4, -0.2) is 37.7 Å². The minimum atomic E-state index is -0.594.